The van der Waals surface area contributed by atoms with Crippen LogP contribution < -0.4 is 0 Å². The van der Waals surface area contributed by atoms with E-state index in [-0.39, 0.29) is 5.82 Å². The van der Waals surface area contributed by atoms with E-state index in [0.717, 1.165) is 5.56 Å². The first-order valence-corrected chi connectivity index (χ1v) is 9.51. The van der Waals surface area contributed by atoms with Crippen LogP contribution in [-0.4, -0.2) is 70.0 Å². The second-order valence-corrected chi connectivity index (χ2v) is 7.10. The van der Waals surface area contributed by atoms with Crippen molar-refractivity contribution in [1.82, 2.24) is 19.6 Å². The van der Waals surface area contributed by atoms with Crippen LogP contribution in [0.2, 0.25) is 0 Å². The van der Waals surface area contributed by atoms with Crippen LogP contribution in [0.4, 0.5) is 0 Å². The summed E-state index contributed by atoms with van der Waals surface area (Å²) in [5.74, 6) is -0.00500. The van der Waals surface area contributed by atoms with Crippen LogP contribution in [-0.2, 0) is 6.42 Å². The van der Waals surface area contributed by atoms with Crippen LogP contribution in [0.5, 0.6) is 0 Å². The number of nitrogens with zero attached hydrogens (tertiary/aromatic N) is 4. The lowest BCUT2D eigenvalue weighted by Gasteiger charge is -2.24. The van der Waals surface area contributed by atoms with E-state index in [4.69, 9.17) is 10.1 Å². The van der Waals surface area contributed by atoms with Crippen LogP contribution in [0, 0.1) is 0 Å². The van der Waals surface area contributed by atoms with Crippen LogP contribution in [0.1, 0.15) is 23.2 Å². The molecule has 0 aliphatic carbocycles. The zero-order valence-corrected chi connectivity index (χ0v) is 15.9. The average Bonchev–Trinajstić information content (AvgIpc) is 3.23. The summed E-state index contributed by atoms with van der Waals surface area (Å²) in [5, 5.41) is 57.9. The molecule has 0 aliphatic heterocycles. The molecule has 0 aliphatic rings. The zero-order valence-electron chi connectivity index (χ0n) is 15.9. The lowest BCUT2D eigenvalue weighted by atomic mass is 10.0. The summed E-state index contributed by atoms with van der Waals surface area (Å²) in [7, 11) is 0. The fourth-order valence-electron chi connectivity index (χ4n) is 3.44. The quantitative estimate of drug-likeness (QED) is 0.286. The van der Waals surface area contributed by atoms with Gasteiger partial charge in [0.05, 0.1) is 23.3 Å². The largest absolute Gasteiger partial charge is 0.394 e. The van der Waals surface area contributed by atoms with E-state index < -0.39 is 31.0 Å². The molecular formula is C21H22N4O5. The van der Waals surface area contributed by atoms with Gasteiger partial charge in [-0.05, 0) is 17.7 Å². The van der Waals surface area contributed by atoms with Gasteiger partial charge in [0, 0.05) is 6.42 Å². The number of aliphatic hydroxyl groups excluding tert-OH is 5. The molecular weight excluding hydrogens is 388 g/mol. The predicted octanol–water partition coefficient (Wildman–Crippen LogP) is -0.0233. The monoisotopic (exact) mass is 410 g/mol. The summed E-state index contributed by atoms with van der Waals surface area (Å²) < 4.78 is 1.59. The van der Waals surface area contributed by atoms with Crippen LogP contribution >= 0.6 is 0 Å². The van der Waals surface area contributed by atoms with Gasteiger partial charge in [0.2, 0.25) is 0 Å². The lowest BCUT2D eigenvalue weighted by Crippen LogP contribution is -2.43. The summed E-state index contributed by atoms with van der Waals surface area (Å²) in [4.78, 5) is 4.70. The Bertz CT molecular complexity index is 1150. The molecule has 2 heterocycles. The van der Waals surface area contributed by atoms with Crippen molar-refractivity contribution in [2.24, 2.45) is 0 Å². The smallest absolute Gasteiger partial charge is 0.183 e. The summed E-state index contributed by atoms with van der Waals surface area (Å²) >= 11 is 0. The van der Waals surface area contributed by atoms with E-state index in [9.17, 15) is 20.4 Å². The van der Waals surface area contributed by atoms with Crippen molar-refractivity contribution in [3.05, 3.63) is 71.7 Å². The molecule has 0 amide bonds. The lowest BCUT2D eigenvalue weighted by molar-refractivity contribution is -0.118. The van der Waals surface area contributed by atoms with Crippen molar-refractivity contribution >= 4 is 16.7 Å². The predicted molar refractivity (Wildman–Crippen MR) is 108 cm³/mol. The van der Waals surface area contributed by atoms with Gasteiger partial charge in [0.25, 0.3) is 0 Å². The maximum Gasteiger partial charge on any atom is 0.183 e. The third-order valence-corrected chi connectivity index (χ3v) is 5.06. The molecule has 0 spiro atoms. The molecule has 156 valence electrons. The first kappa shape index (κ1) is 20.3. The molecule has 4 atom stereocenters. The molecule has 0 saturated heterocycles. The Morgan fingerprint density at radius 2 is 1.53 bits per heavy atom. The fourth-order valence-corrected chi connectivity index (χ4v) is 3.44. The van der Waals surface area contributed by atoms with Gasteiger partial charge in [-0.2, -0.15) is 0 Å². The van der Waals surface area contributed by atoms with Crippen LogP contribution in [0.3, 0.4) is 0 Å². The van der Waals surface area contributed by atoms with E-state index in [2.05, 4.69) is 10.2 Å². The van der Waals surface area contributed by atoms with Crippen molar-refractivity contribution in [2.75, 3.05) is 6.61 Å². The van der Waals surface area contributed by atoms with Crippen molar-refractivity contribution in [1.29, 1.82) is 0 Å². The molecule has 0 unspecified atom stereocenters. The zero-order chi connectivity index (χ0) is 21.3. The summed E-state index contributed by atoms with van der Waals surface area (Å²) in [6, 6.07) is 17.0. The van der Waals surface area contributed by atoms with Crippen LogP contribution in [0.25, 0.3) is 16.7 Å². The minimum absolute atomic E-state index is 0.00500. The van der Waals surface area contributed by atoms with Crippen LogP contribution in [0.15, 0.2) is 54.6 Å². The molecule has 0 radical (unpaired) electrons. The minimum Gasteiger partial charge on any atom is -0.394 e. The SMILES string of the molecule is OC[C@@H](O)[C@@H](O)[C@H](O)[C@H](O)c1nnc2c(Cc3ccccc3)nc3ccccc3n12. The standard InChI is InChI=1S/C21H22N4O5/c26-11-16(27)17(28)18(29)19(30)21-24-23-20-14(10-12-6-2-1-3-7-12)22-13-8-4-5-9-15(13)25(20)21/h1-9,16-19,26-30H,10-11H2/t16-,17-,18+,19+/m1/s1. The Morgan fingerprint density at radius 3 is 2.27 bits per heavy atom. The number of hydrogen-bond acceptors (Lipinski definition) is 8. The summed E-state index contributed by atoms with van der Waals surface area (Å²) in [5.41, 5.74) is 3.34. The Morgan fingerprint density at radius 1 is 0.833 bits per heavy atom. The highest BCUT2D eigenvalue weighted by atomic mass is 16.4. The average molecular weight is 410 g/mol. The van der Waals surface area contributed by atoms with E-state index in [1.165, 1.54) is 0 Å². The van der Waals surface area contributed by atoms with Gasteiger partial charge in [-0.25, -0.2) is 4.98 Å². The first-order valence-electron chi connectivity index (χ1n) is 9.51. The minimum atomic E-state index is -1.79. The molecule has 4 rings (SSSR count). The fraction of sp³-hybridized carbons (Fsp3) is 0.286. The number of aliphatic hydroxyl groups is 5. The van der Waals surface area contributed by atoms with E-state index >= 15 is 0 Å². The highest BCUT2D eigenvalue weighted by Gasteiger charge is 2.34. The third kappa shape index (κ3) is 3.64. The number of aromatic nitrogens is 4. The van der Waals surface area contributed by atoms with Gasteiger partial charge in [0.15, 0.2) is 11.5 Å². The maximum absolute atomic E-state index is 10.7. The van der Waals surface area contributed by atoms with Gasteiger partial charge in [-0.15, -0.1) is 10.2 Å². The van der Waals surface area contributed by atoms with E-state index in [1.807, 2.05) is 42.5 Å². The second-order valence-electron chi connectivity index (χ2n) is 7.10. The molecule has 0 bridgehead atoms. The number of hydrogen-bond donors (Lipinski definition) is 5. The number of rotatable bonds is 7. The van der Waals surface area contributed by atoms with Gasteiger partial charge in [-0.1, -0.05) is 42.5 Å². The number of benzene rings is 2. The Labute approximate surface area is 171 Å². The summed E-state index contributed by atoms with van der Waals surface area (Å²) in [6.45, 7) is -0.764. The van der Waals surface area contributed by atoms with Gasteiger partial charge >= 0.3 is 0 Å². The highest BCUT2D eigenvalue weighted by molar-refractivity contribution is 5.78. The number of para-hydroxylation sites is 2. The molecule has 5 N–H and O–H groups in total. The molecule has 0 fully saturated rings. The normalized spacial score (nSPS) is 15.9. The van der Waals surface area contributed by atoms with Crippen molar-refractivity contribution in [3.8, 4) is 0 Å². The van der Waals surface area contributed by atoms with Gasteiger partial charge < -0.3 is 25.5 Å². The molecule has 9 nitrogen and oxygen atoms in total. The van der Waals surface area contributed by atoms with Crippen molar-refractivity contribution < 1.29 is 25.5 Å². The molecule has 4 aromatic rings. The number of fused-ring (bicyclic) bond motifs is 3. The van der Waals surface area contributed by atoms with Crippen molar-refractivity contribution in [2.45, 2.75) is 30.8 Å². The molecule has 2 aromatic carbocycles. The molecule has 9 heteroatoms. The van der Waals surface area contributed by atoms with Gasteiger partial charge in [-0.3, -0.25) is 4.40 Å². The van der Waals surface area contributed by atoms with Gasteiger partial charge in [0.1, 0.15) is 24.4 Å². The summed E-state index contributed by atoms with van der Waals surface area (Å²) in [6.07, 6.45) is -6.34. The molecule has 30 heavy (non-hydrogen) atoms. The molecule has 0 saturated carbocycles. The Hall–Kier alpha value is -2.95. The maximum atomic E-state index is 10.7. The third-order valence-electron chi connectivity index (χ3n) is 5.06. The first-order chi connectivity index (χ1) is 14.5. The van der Waals surface area contributed by atoms with E-state index in [0.29, 0.717) is 28.8 Å². The molecule has 2 aromatic heterocycles. The second kappa shape index (κ2) is 8.42. The topological polar surface area (TPSA) is 144 Å². The van der Waals surface area contributed by atoms with E-state index in [1.54, 1.807) is 16.5 Å². The highest BCUT2D eigenvalue weighted by Crippen LogP contribution is 2.25. The van der Waals surface area contributed by atoms with Crippen molar-refractivity contribution in [3.63, 3.8) is 0 Å². The Balaban J connectivity index is 1.84. The Kier molecular flexibility index (Phi) is 5.71.